The van der Waals surface area contributed by atoms with Gasteiger partial charge in [-0.3, -0.25) is 0 Å². The first kappa shape index (κ1) is 12.1. The molecule has 0 amide bonds. The Morgan fingerprint density at radius 1 is 1.24 bits per heavy atom. The Balaban J connectivity index is 2.34. The molecule has 2 rings (SSSR count). The van der Waals surface area contributed by atoms with Crippen LogP contribution in [0.4, 0.5) is 4.39 Å². The van der Waals surface area contributed by atoms with Crippen molar-refractivity contribution in [2.75, 3.05) is 6.54 Å². The standard InChI is InChI=1S/C12H14FNO2S/c13-11-6-1-2-7-12(11)17(15,16)9-10-5-3-4-8-14-10/h1-2,6-7,9,14H,3-5,8H2. The van der Waals surface area contributed by atoms with Crippen LogP contribution < -0.4 is 5.32 Å². The Labute approximate surface area is 100 Å². The molecule has 0 radical (unpaired) electrons. The third-order valence-corrected chi connectivity index (χ3v) is 4.20. The van der Waals surface area contributed by atoms with Gasteiger partial charge in [0.2, 0.25) is 9.84 Å². The summed E-state index contributed by atoms with van der Waals surface area (Å²) in [5.74, 6) is -0.708. The molecule has 1 aliphatic heterocycles. The number of hydrogen-bond acceptors (Lipinski definition) is 3. The van der Waals surface area contributed by atoms with Gasteiger partial charge in [-0.15, -0.1) is 0 Å². The van der Waals surface area contributed by atoms with E-state index in [0.29, 0.717) is 12.1 Å². The maximum absolute atomic E-state index is 13.4. The van der Waals surface area contributed by atoms with Gasteiger partial charge in [-0.1, -0.05) is 12.1 Å². The lowest BCUT2D eigenvalue weighted by molar-refractivity contribution is 0.568. The van der Waals surface area contributed by atoms with Crippen LogP contribution in [-0.2, 0) is 9.84 Å². The Morgan fingerprint density at radius 3 is 2.65 bits per heavy atom. The van der Waals surface area contributed by atoms with Gasteiger partial charge in [-0.05, 0) is 31.4 Å². The maximum Gasteiger partial charge on any atom is 0.204 e. The van der Waals surface area contributed by atoms with Crippen LogP contribution in [-0.4, -0.2) is 15.0 Å². The lowest BCUT2D eigenvalue weighted by Crippen LogP contribution is -2.20. The number of allylic oxidation sites excluding steroid dienone is 1. The minimum Gasteiger partial charge on any atom is -0.388 e. The van der Waals surface area contributed by atoms with E-state index < -0.39 is 15.7 Å². The minimum atomic E-state index is -3.69. The zero-order valence-electron chi connectivity index (χ0n) is 9.32. The molecule has 0 atom stereocenters. The highest BCUT2D eigenvalue weighted by molar-refractivity contribution is 7.94. The lowest BCUT2D eigenvalue weighted by Gasteiger charge is -2.16. The smallest absolute Gasteiger partial charge is 0.204 e. The fraction of sp³-hybridized carbons (Fsp3) is 0.333. The van der Waals surface area contributed by atoms with Crippen LogP contribution in [0.3, 0.4) is 0 Å². The molecule has 1 heterocycles. The molecule has 1 N–H and O–H groups in total. The normalized spacial score (nSPS) is 19.0. The van der Waals surface area contributed by atoms with E-state index in [2.05, 4.69) is 5.32 Å². The van der Waals surface area contributed by atoms with Crippen LogP contribution in [0, 0.1) is 5.82 Å². The molecule has 17 heavy (non-hydrogen) atoms. The lowest BCUT2D eigenvalue weighted by atomic mass is 10.1. The van der Waals surface area contributed by atoms with Gasteiger partial charge < -0.3 is 5.32 Å². The summed E-state index contributed by atoms with van der Waals surface area (Å²) in [5.41, 5.74) is 0.666. The highest BCUT2D eigenvalue weighted by Crippen LogP contribution is 2.19. The largest absolute Gasteiger partial charge is 0.388 e. The molecule has 0 aromatic heterocycles. The second-order valence-corrected chi connectivity index (χ2v) is 5.77. The SMILES string of the molecule is O=S(=O)(C=C1CCCCN1)c1ccccc1F. The van der Waals surface area contributed by atoms with E-state index in [4.69, 9.17) is 0 Å². The first-order valence-corrected chi connectivity index (χ1v) is 7.08. The predicted molar refractivity (Wildman–Crippen MR) is 63.5 cm³/mol. The Bertz CT molecular complexity index is 529. The molecular formula is C12H14FNO2S. The Hall–Kier alpha value is -1.36. The summed E-state index contributed by atoms with van der Waals surface area (Å²) < 4.78 is 37.3. The molecule has 0 unspecified atom stereocenters. The highest BCUT2D eigenvalue weighted by atomic mass is 32.2. The summed E-state index contributed by atoms with van der Waals surface area (Å²) in [6, 6.07) is 5.42. The first-order valence-electron chi connectivity index (χ1n) is 5.54. The number of benzene rings is 1. The van der Waals surface area contributed by atoms with Crippen molar-refractivity contribution >= 4 is 9.84 Å². The van der Waals surface area contributed by atoms with E-state index in [0.717, 1.165) is 30.9 Å². The number of piperidine rings is 1. The molecule has 0 saturated carbocycles. The second kappa shape index (κ2) is 4.87. The molecule has 1 aromatic rings. The summed E-state index contributed by atoms with van der Waals surface area (Å²) in [4.78, 5) is -0.264. The number of rotatable bonds is 2. The number of nitrogens with one attached hydrogen (secondary N) is 1. The quantitative estimate of drug-likeness (QED) is 0.881. The van der Waals surface area contributed by atoms with E-state index >= 15 is 0 Å². The number of sulfone groups is 1. The predicted octanol–water partition coefficient (Wildman–Crippen LogP) is 2.21. The van der Waals surface area contributed by atoms with Gasteiger partial charge in [-0.25, -0.2) is 12.8 Å². The van der Waals surface area contributed by atoms with Gasteiger partial charge in [0.25, 0.3) is 0 Å². The fourth-order valence-corrected chi connectivity index (χ4v) is 3.12. The zero-order valence-corrected chi connectivity index (χ0v) is 10.1. The molecule has 0 bridgehead atoms. The molecule has 1 aliphatic rings. The van der Waals surface area contributed by atoms with Crippen molar-refractivity contribution in [3.05, 3.63) is 41.2 Å². The van der Waals surface area contributed by atoms with Crippen LogP contribution in [0.2, 0.25) is 0 Å². The zero-order chi connectivity index (χ0) is 12.3. The van der Waals surface area contributed by atoms with Crippen molar-refractivity contribution in [1.29, 1.82) is 0 Å². The first-order chi connectivity index (χ1) is 8.09. The van der Waals surface area contributed by atoms with Crippen molar-refractivity contribution in [2.24, 2.45) is 0 Å². The molecule has 0 aliphatic carbocycles. The molecule has 1 fully saturated rings. The summed E-state index contributed by atoms with van der Waals surface area (Å²) in [5, 5.41) is 4.17. The van der Waals surface area contributed by atoms with E-state index in [-0.39, 0.29) is 4.90 Å². The van der Waals surface area contributed by atoms with Gasteiger partial charge in [0.15, 0.2) is 0 Å². The Kier molecular flexibility index (Phi) is 3.47. The van der Waals surface area contributed by atoms with Gasteiger partial charge in [0, 0.05) is 12.2 Å². The summed E-state index contributed by atoms with van der Waals surface area (Å²) in [7, 11) is -3.69. The van der Waals surface area contributed by atoms with Crippen molar-refractivity contribution in [3.63, 3.8) is 0 Å². The molecule has 92 valence electrons. The summed E-state index contributed by atoms with van der Waals surface area (Å²) in [6.45, 7) is 0.776. The summed E-state index contributed by atoms with van der Waals surface area (Å²) in [6.07, 6.45) is 2.70. The highest BCUT2D eigenvalue weighted by Gasteiger charge is 2.17. The van der Waals surface area contributed by atoms with Crippen LogP contribution in [0.15, 0.2) is 40.3 Å². The van der Waals surface area contributed by atoms with Crippen molar-refractivity contribution in [2.45, 2.75) is 24.2 Å². The average molecular weight is 255 g/mol. The number of halogens is 1. The topological polar surface area (TPSA) is 46.2 Å². The molecule has 3 nitrogen and oxygen atoms in total. The van der Waals surface area contributed by atoms with E-state index in [1.54, 1.807) is 0 Å². The minimum absolute atomic E-state index is 0.264. The third kappa shape index (κ3) is 2.85. The van der Waals surface area contributed by atoms with Gasteiger partial charge >= 0.3 is 0 Å². The average Bonchev–Trinajstić information content (AvgIpc) is 2.30. The molecule has 1 aromatic carbocycles. The molecule has 1 saturated heterocycles. The van der Waals surface area contributed by atoms with E-state index in [9.17, 15) is 12.8 Å². The van der Waals surface area contributed by atoms with Gasteiger partial charge in [0.1, 0.15) is 10.7 Å². The van der Waals surface area contributed by atoms with E-state index in [1.165, 1.54) is 18.2 Å². The second-order valence-electron chi connectivity index (χ2n) is 4.00. The molecular weight excluding hydrogens is 241 g/mol. The third-order valence-electron chi connectivity index (χ3n) is 2.67. The molecule has 5 heteroatoms. The molecule has 0 spiro atoms. The van der Waals surface area contributed by atoms with Crippen LogP contribution >= 0.6 is 0 Å². The number of hydrogen-bond donors (Lipinski definition) is 1. The van der Waals surface area contributed by atoms with E-state index in [1.807, 2.05) is 0 Å². The van der Waals surface area contributed by atoms with Gasteiger partial charge in [-0.2, -0.15) is 0 Å². The van der Waals surface area contributed by atoms with Crippen LogP contribution in [0.25, 0.3) is 0 Å². The van der Waals surface area contributed by atoms with Crippen molar-refractivity contribution in [1.82, 2.24) is 5.32 Å². The monoisotopic (exact) mass is 255 g/mol. The Morgan fingerprint density at radius 2 is 2.00 bits per heavy atom. The van der Waals surface area contributed by atoms with Gasteiger partial charge in [0.05, 0.1) is 5.41 Å². The van der Waals surface area contributed by atoms with Crippen LogP contribution in [0.1, 0.15) is 19.3 Å². The fourth-order valence-electron chi connectivity index (χ4n) is 1.80. The van der Waals surface area contributed by atoms with Crippen molar-refractivity contribution < 1.29 is 12.8 Å². The maximum atomic E-state index is 13.4. The van der Waals surface area contributed by atoms with Crippen LogP contribution in [0.5, 0.6) is 0 Å². The summed E-state index contributed by atoms with van der Waals surface area (Å²) >= 11 is 0. The van der Waals surface area contributed by atoms with Crippen molar-refractivity contribution in [3.8, 4) is 0 Å².